The Hall–Kier alpha value is -0.160. The highest BCUT2D eigenvalue weighted by Gasteiger charge is 2.15. The van der Waals surface area contributed by atoms with Gasteiger partial charge in [-0.05, 0) is 26.3 Å². The summed E-state index contributed by atoms with van der Waals surface area (Å²) in [5.41, 5.74) is 0. The van der Waals surface area contributed by atoms with Gasteiger partial charge in [0.15, 0.2) is 0 Å². The number of ether oxygens (including phenoxy) is 1. The van der Waals surface area contributed by atoms with Gasteiger partial charge in [-0.25, -0.2) is 4.98 Å². The lowest BCUT2D eigenvalue weighted by Crippen LogP contribution is -2.37. The van der Waals surface area contributed by atoms with Crippen molar-refractivity contribution in [3.63, 3.8) is 0 Å². The van der Waals surface area contributed by atoms with Crippen LogP contribution in [0.2, 0.25) is 0 Å². The number of rotatable bonds is 4. The van der Waals surface area contributed by atoms with Gasteiger partial charge in [0.25, 0.3) is 0 Å². The Balaban J connectivity index is 0.00000128. The molecule has 1 aliphatic heterocycles. The third-order valence-electron chi connectivity index (χ3n) is 2.76. The number of thiazole rings is 1. The van der Waals surface area contributed by atoms with Crippen LogP contribution in [0, 0.1) is 0 Å². The van der Waals surface area contributed by atoms with Crippen LogP contribution < -0.4 is 5.32 Å². The molecule has 0 bridgehead atoms. The topological polar surface area (TPSA) is 34.1 Å². The molecule has 1 aromatic heterocycles. The molecule has 0 amide bonds. The van der Waals surface area contributed by atoms with Crippen molar-refractivity contribution in [1.29, 1.82) is 0 Å². The fourth-order valence-electron chi connectivity index (χ4n) is 1.83. The Morgan fingerprint density at radius 1 is 1.62 bits per heavy atom. The molecule has 16 heavy (non-hydrogen) atoms. The maximum absolute atomic E-state index is 5.81. The number of hydrogen-bond donors (Lipinski definition) is 1. The van der Waals surface area contributed by atoms with E-state index in [1.165, 1.54) is 19.3 Å². The maximum atomic E-state index is 5.81. The molecular formula is C11H19ClN2OS. The highest BCUT2D eigenvalue weighted by Crippen LogP contribution is 2.19. The second-order valence-corrected chi connectivity index (χ2v) is 4.92. The molecule has 1 aromatic rings. The average molecular weight is 263 g/mol. The van der Waals surface area contributed by atoms with Gasteiger partial charge in [-0.3, -0.25) is 0 Å². The summed E-state index contributed by atoms with van der Waals surface area (Å²) in [5, 5.41) is 6.55. The van der Waals surface area contributed by atoms with E-state index in [4.69, 9.17) is 4.74 Å². The molecule has 3 nitrogen and oxygen atoms in total. The Bertz CT molecular complexity index is 276. The van der Waals surface area contributed by atoms with Crippen molar-refractivity contribution < 1.29 is 4.74 Å². The number of nitrogens with one attached hydrogen (secondary N) is 1. The first-order valence-corrected chi connectivity index (χ1v) is 6.48. The van der Waals surface area contributed by atoms with Crippen molar-refractivity contribution in [2.75, 3.05) is 13.2 Å². The summed E-state index contributed by atoms with van der Waals surface area (Å²) < 4.78 is 5.81. The summed E-state index contributed by atoms with van der Waals surface area (Å²) in [4.78, 5) is 4.25. The molecule has 1 fully saturated rings. The minimum absolute atomic E-state index is 0. The first-order valence-electron chi connectivity index (χ1n) is 5.60. The Kier molecular flexibility index (Phi) is 6.28. The van der Waals surface area contributed by atoms with Gasteiger partial charge >= 0.3 is 0 Å². The molecule has 1 saturated heterocycles. The molecule has 0 radical (unpaired) electrons. The van der Waals surface area contributed by atoms with Crippen LogP contribution in [-0.2, 0) is 4.74 Å². The quantitative estimate of drug-likeness (QED) is 0.906. The molecule has 1 aliphatic rings. The van der Waals surface area contributed by atoms with E-state index in [1.54, 1.807) is 11.3 Å². The lowest BCUT2D eigenvalue weighted by Gasteiger charge is -2.24. The van der Waals surface area contributed by atoms with Crippen LogP contribution in [0.4, 0.5) is 0 Å². The Labute approximate surface area is 107 Å². The molecule has 5 heteroatoms. The van der Waals surface area contributed by atoms with Crippen molar-refractivity contribution in [3.8, 4) is 0 Å². The monoisotopic (exact) mass is 262 g/mol. The van der Waals surface area contributed by atoms with Gasteiger partial charge in [-0.2, -0.15) is 0 Å². The first-order chi connectivity index (χ1) is 7.36. The molecule has 2 unspecified atom stereocenters. The van der Waals surface area contributed by atoms with E-state index in [-0.39, 0.29) is 18.5 Å². The molecule has 0 saturated carbocycles. The molecule has 2 heterocycles. The number of aromatic nitrogens is 1. The van der Waals surface area contributed by atoms with E-state index < -0.39 is 0 Å². The largest absolute Gasteiger partial charge is 0.370 e. The predicted molar refractivity (Wildman–Crippen MR) is 69.4 cm³/mol. The van der Waals surface area contributed by atoms with Crippen LogP contribution in [0.1, 0.15) is 37.3 Å². The molecule has 2 rings (SSSR count). The molecule has 2 atom stereocenters. The van der Waals surface area contributed by atoms with Gasteiger partial charge in [0.2, 0.25) is 0 Å². The van der Waals surface area contributed by atoms with Crippen molar-refractivity contribution in [3.05, 3.63) is 16.6 Å². The molecule has 92 valence electrons. The SMILES string of the molecule is CC(OCC1CCCCN1)c1nccs1.Cl. The van der Waals surface area contributed by atoms with Crippen LogP contribution in [0.15, 0.2) is 11.6 Å². The fraction of sp³-hybridized carbons (Fsp3) is 0.727. The number of hydrogen-bond acceptors (Lipinski definition) is 4. The van der Waals surface area contributed by atoms with Crippen molar-refractivity contribution in [2.24, 2.45) is 0 Å². The van der Waals surface area contributed by atoms with Gasteiger partial charge in [-0.1, -0.05) is 6.42 Å². The van der Waals surface area contributed by atoms with Gasteiger partial charge in [0.1, 0.15) is 11.1 Å². The van der Waals surface area contributed by atoms with Gasteiger partial charge in [0, 0.05) is 17.6 Å². The van der Waals surface area contributed by atoms with Crippen molar-refractivity contribution in [1.82, 2.24) is 10.3 Å². The van der Waals surface area contributed by atoms with Crippen molar-refractivity contribution in [2.45, 2.75) is 38.3 Å². The van der Waals surface area contributed by atoms with E-state index in [9.17, 15) is 0 Å². The van der Waals surface area contributed by atoms with Crippen LogP contribution >= 0.6 is 23.7 Å². The highest BCUT2D eigenvalue weighted by atomic mass is 35.5. The van der Waals surface area contributed by atoms with E-state index in [1.807, 2.05) is 11.6 Å². The summed E-state index contributed by atoms with van der Waals surface area (Å²) in [5.74, 6) is 0. The molecule has 0 spiro atoms. The van der Waals surface area contributed by atoms with Crippen LogP contribution in [0.3, 0.4) is 0 Å². The summed E-state index contributed by atoms with van der Waals surface area (Å²) in [6, 6.07) is 0.543. The molecule has 0 aliphatic carbocycles. The molecule has 0 aromatic carbocycles. The average Bonchev–Trinajstić information content (AvgIpc) is 2.81. The second kappa shape index (κ2) is 7.22. The highest BCUT2D eigenvalue weighted by molar-refractivity contribution is 7.09. The summed E-state index contributed by atoms with van der Waals surface area (Å²) in [7, 11) is 0. The number of piperidine rings is 1. The number of nitrogens with zero attached hydrogens (tertiary/aromatic N) is 1. The minimum atomic E-state index is 0. The van der Waals surface area contributed by atoms with E-state index in [0.29, 0.717) is 6.04 Å². The standard InChI is InChI=1S/C11H18N2OS.ClH/c1-9(11-13-6-7-15-11)14-8-10-4-2-3-5-12-10;/h6-7,9-10,12H,2-5,8H2,1H3;1H. The van der Waals surface area contributed by atoms with E-state index in [0.717, 1.165) is 18.2 Å². The third kappa shape index (κ3) is 4.01. The second-order valence-electron chi connectivity index (χ2n) is 3.99. The lowest BCUT2D eigenvalue weighted by molar-refractivity contribution is 0.0439. The summed E-state index contributed by atoms with van der Waals surface area (Å²) >= 11 is 1.66. The Morgan fingerprint density at radius 2 is 2.50 bits per heavy atom. The summed E-state index contributed by atoms with van der Waals surface area (Å²) in [6.07, 6.45) is 5.84. The van der Waals surface area contributed by atoms with Gasteiger partial charge < -0.3 is 10.1 Å². The first kappa shape index (κ1) is 13.9. The zero-order valence-electron chi connectivity index (χ0n) is 9.52. The van der Waals surface area contributed by atoms with E-state index in [2.05, 4.69) is 17.2 Å². The zero-order valence-corrected chi connectivity index (χ0v) is 11.1. The lowest BCUT2D eigenvalue weighted by atomic mass is 10.1. The fourth-order valence-corrected chi connectivity index (χ4v) is 2.48. The van der Waals surface area contributed by atoms with Crippen molar-refractivity contribution >= 4 is 23.7 Å². The molecule has 1 N–H and O–H groups in total. The van der Waals surface area contributed by atoms with Crippen LogP contribution in [-0.4, -0.2) is 24.2 Å². The number of halogens is 1. The van der Waals surface area contributed by atoms with Gasteiger partial charge in [-0.15, -0.1) is 23.7 Å². The normalized spacial score (nSPS) is 22.4. The third-order valence-corrected chi connectivity index (χ3v) is 3.70. The maximum Gasteiger partial charge on any atom is 0.121 e. The van der Waals surface area contributed by atoms with Gasteiger partial charge in [0.05, 0.1) is 6.61 Å². The predicted octanol–water partition coefficient (Wildman–Crippen LogP) is 2.78. The summed E-state index contributed by atoms with van der Waals surface area (Å²) in [6.45, 7) is 4.02. The minimum Gasteiger partial charge on any atom is -0.370 e. The Morgan fingerprint density at radius 3 is 3.12 bits per heavy atom. The van der Waals surface area contributed by atoms with Crippen LogP contribution in [0.25, 0.3) is 0 Å². The zero-order chi connectivity index (χ0) is 10.5. The smallest absolute Gasteiger partial charge is 0.121 e. The van der Waals surface area contributed by atoms with Crippen LogP contribution in [0.5, 0.6) is 0 Å². The van der Waals surface area contributed by atoms with E-state index >= 15 is 0 Å². The molecular weight excluding hydrogens is 244 g/mol.